The van der Waals surface area contributed by atoms with Crippen LogP contribution in [0.1, 0.15) is 21.6 Å². The zero-order chi connectivity index (χ0) is 15.7. The Hall–Kier alpha value is -3.01. The van der Waals surface area contributed by atoms with E-state index in [1.807, 2.05) is 6.07 Å². The van der Waals surface area contributed by atoms with Crippen molar-refractivity contribution in [1.82, 2.24) is 4.57 Å². The summed E-state index contributed by atoms with van der Waals surface area (Å²) in [7, 11) is 1.17. The summed E-state index contributed by atoms with van der Waals surface area (Å²) in [4.78, 5) is 11.8. The van der Waals surface area contributed by atoms with Crippen LogP contribution in [0.25, 0.3) is 5.69 Å². The maximum Gasteiger partial charge on any atom is 0.357 e. The zero-order valence-corrected chi connectivity index (χ0v) is 11.3. The summed E-state index contributed by atoms with van der Waals surface area (Å²) in [5.74, 6) is -1.70. The SMILES string of the molecule is COC(=O)c1c(N)c(C#N)cn1-c1ccc(F)c(C)c1O. The number of carbonyl (C=O) groups is 1. The Bertz CT molecular complexity index is 775. The van der Waals surface area contributed by atoms with E-state index in [-0.39, 0.29) is 33.9 Å². The summed E-state index contributed by atoms with van der Waals surface area (Å²) in [6, 6.07) is 4.27. The minimum absolute atomic E-state index is 0.0223. The highest BCUT2D eigenvalue weighted by Gasteiger charge is 2.23. The number of nitrogen functional groups attached to an aromatic ring is 1. The van der Waals surface area contributed by atoms with Crippen LogP contribution in [-0.2, 0) is 4.74 Å². The third-order valence-corrected chi connectivity index (χ3v) is 3.15. The first-order valence-electron chi connectivity index (χ1n) is 5.90. The van der Waals surface area contributed by atoms with Gasteiger partial charge >= 0.3 is 5.97 Å². The number of esters is 1. The van der Waals surface area contributed by atoms with Gasteiger partial charge in [-0.3, -0.25) is 0 Å². The summed E-state index contributed by atoms with van der Waals surface area (Å²) in [5, 5.41) is 19.1. The van der Waals surface area contributed by atoms with E-state index in [0.29, 0.717) is 0 Å². The lowest BCUT2D eigenvalue weighted by atomic mass is 10.1. The highest BCUT2D eigenvalue weighted by Crippen LogP contribution is 2.32. The number of phenolic OH excluding ortho intramolecular Hbond substituents is 1. The molecular formula is C14H12FN3O3. The Morgan fingerprint density at radius 1 is 1.52 bits per heavy atom. The van der Waals surface area contributed by atoms with Crippen molar-refractivity contribution < 1.29 is 19.0 Å². The van der Waals surface area contributed by atoms with Crippen molar-refractivity contribution in [2.24, 2.45) is 0 Å². The fourth-order valence-corrected chi connectivity index (χ4v) is 1.96. The van der Waals surface area contributed by atoms with Gasteiger partial charge in [0.1, 0.15) is 17.6 Å². The van der Waals surface area contributed by atoms with E-state index in [4.69, 9.17) is 11.0 Å². The molecule has 1 aromatic heterocycles. The van der Waals surface area contributed by atoms with Crippen LogP contribution in [0.15, 0.2) is 18.3 Å². The van der Waals surface area contributed by atoms with Gasteiger partial charge < -0.3 is 20.1 Å². The Morgan fingerprint density at radius 2 is 2.19 bits per heavy atom. The monoisotopic (exact) mass is 289 g/mol. The molecule has 108 valence electrons. The first kappa shape index (κ1) is 14.4. The van der Waals surface area contributed by atoms with Gasteiger partial charge in [0.25, 0.3) is 0 Å². The number of nitriles is 1. The molecule has 0 fully saturated rings. The summed E-state index contributed by atoms with van der Waals surface area (Å²) >= 11 is 0. The molecule has 2 rings (SSSR count). The van der Waals surface area contributed by atoms with Gasteiger partial charge in [-0.25, -0.2) is 9.18 Å². The second-order valence-electron chi connectivity index (χ2n) is 4.32. The first-order valence-corrected chi connectivity index (χ1v) is 5.90. The number of hydrogen-bond donors (Lipinski definition) is 2. The van der Waals surface area contributed by atoms with Crippen LogP contribution in [0, 0.1) is 24.1 Å². The van der Waals surface area contributed by atoms with Crippen molar-refractivity contribution in [1.29, 1.82) is 5.26 Å². The molecule has 3 N–H and O–H groups in total. The Morgan fingerprint density at radius 3 is 2.76 bits per heavy atom. The van der Waals surface area contributed by atoms with Gasteiger partial charge in [-0.2, -0.15) is 5.26 Å². The molecular weight excluding hydrogens is 277 g/mol. The molecule has 0 saturated heterocycles. The van der Waals surface area contributed by atoms with E-state index >= 15 is 0 Å². The fraction of sp³-hybridized carbons (Fsp3) is 0.143. The summed E-state index contributed by atoms with van der Waals surface area (Å²) in [5.41, 5.74) is 5.78. The summed E-state index contributed by atoms with van der Waals surface area (Å²) < 4.78 is 19.2. The quantitative estimate of drug-likeness (QED) is 0.822. The third-order valence-electron chi connectivity index (χ3n) is 3.15. The highest BCUT2D eigenvalue weighted by atomic mass is 19.1. The van der Waals surface area contributed by atoms with Crippen LogP contribution in [0.3, 0.4) is 0 Å². The normalized spacial score (nSPS) is 10.2. The second-order valence-corrected chi connectivity index (χ2v) is 4.32. The first-order chi connectivity index (χ1) is 9.92. The number of aromatic hydroxyl groups is 1. The lowest BCUT2D eigenvalue weighted by molar-refractivity contribution is 0.0593. The molecule has 0 radical (unpaired) electrons. The number of anilines is 1. The molecule has 2 aromatic rings. The largest absolute Gasteiger partial charge is 0.505 e. The van der Waals surface area contributed by atoms with Gasteiger partial charge in [0.05, 0.1) is 24.0 Å². The Balaban J connectivity index is 2.79. The van der Waals surface area contributed by atoms with Crippen molar-refractivity contribution in [3.8, 4) is 17.5 Å². The second kappa shape index (κ2) is 5.17. The van der Waals surface area contributed by atoms with Gasteiger partial charge in [0, 0.05) is 11.8 Å². The van der Waals surface area contributed by atoms with Crippen LogP contribution in [0.4, 0.5) is 10.1 Å². The van der Waals surface area contributed by atoms with E-state index < -0.39 is 11.8 Å². The number of benzene rings is 1. The van der Waals surface area contributed by atoms with E-state index in [0.717, 1.165) is 6.07 Å². The van der Waals surface area contributed by atoms with Crippen molar-refractivity contribution >= 4 is 11.7 Å². The van der Waals surface area contributed by atoms with E-state index in [9.17, 15) is 14.3 Å². The van der Waals surface area contributed by atoms with Crippen LogP contribution in [0.2, 0.25) is 0 Å². The van der Waals surface area contributed by atoms with Crippen molar-refractivity contribution in [3.63, 3.8) is 0 Å². The van der Waals surface area contributed by atoms with Gasteiger partial charge in [-0.1, -0.05) is 0 Å². The molecule has 7 heteroatoms. The molecule has 0 aliphatic rings. The number of methoxy groups -OCH3 is 1. The molecule has 6 nitrogen and oxygen atoms in total. The average molecular weight is 289 g/mol. The molecule has 1 heterocycles. The van der Waals surface area contributed by atoms with E-state index in [1.165, 1.54) is 30.9 Å². The molecule has 0 bridgehead atoms. The van der Waals surface area contributed by atoms with Crippen LogP contribution < -0.4 is 5.73 Å². The number of aromatic nitrogens is 1. The maximum atomic E-state index is 13.4. The number of ether oxygens (including phenoxy) is 1. The molecule has 1 aromatic carbocycles. The minimum atomic E-state index is -0.768. The summed E-state index contributed by atoms with van der Waals surface area (Å²) in [6.45, 7) is 1.39. The molecule has 21 heavy (non-hydrogen) atoms. The number of nitrogens with two attached hydrogens (primary N) is 1. The third kappa shape index (κ3) is 2.17. The molecule has 0 saturated carbocycles. The number of phenols is 1. The van der Waals surface area contributed by atoms with Crippen LogP contribution >= 0.6 is 0 Å². The average Bonchev–Trinajstić information content (AvgIpc) is 2.80. The molecule has 0 unspecified atom stereocenters. The highest BCUT2D eigenvalue weighted by molar-refractivity contribution is 5.96. The zero-order valence-electron chi connectivity index (χ0n) is 11.3. The number of halogens is 1. The lowest BCUT2D eigenvalue weighted by Crippen LogP contribution is -2.11. The van der Waals surface area contributed by atoms with Crippen LogP contribution in [-0.4, -0.2) is 22.8 Å². The molecule has 0 spiro atoms. The smallest absolute Gasteiger partial charge is 0.357 e. The minimum Gasteiger partial charge on any atom is -0.505 e. The molecule has 0 aliphatic heterocycles. The fourth-order valence-electron chi connectivity index (χ4n) is 1.96. The lowest BCUT2D eigenvalue weighted by Gasteiger charge is -2.12. The van der Waals surface area contributed by atoms with E-state index in [1.54, 1.807) is 0 Å². The van der Waals surface area contributed by atoms with Gasteiger partial charge in [-0.05, 0) is 19.1 Å². The number of hydrogen-bond acceptors (Lipinski definition) is 5. The van der Waals surface area contributed by atoms with Crippen molar-refractivity contribution in [2.75, 3.05) is 12.8 Å². The standard InChI is InChI=1S/C14H12FN3O3/c1-7-9(15)3-4-10(13(7)19)18-6-8(5-16)11(17)12(18)14(20)21-2/h3-4,6,19H,17H2,1-2H3. The van der Waals surface area contributed by atoms with Gasteiger partial charge in [0.15, 0.2) is 5.69 Å². The maximum absolute atomic E-state index is 13.4. The van der Waals surface area contributed by atoms with Crippen molar-refractivity contribution in [2.45, 2.75) is 6.92 Å². The predicted octanol–water partition coefficient (Wildman–Crippen LogP) is 1.87. The molecule has 0 amide bonds. The van der Waals surface area contributed by atoms with Crippen molar-refractivity contribution in [3.05, 3.63) is 41.0 Å². The predicted molar refractivity (Wildman–Crippen MR) is 72.6 cm³/mol. The number of nitrogens with zero attached hydrogens (tertiary/aromatic N) is 2. The Labute approximate surface area is 119 Å². The van der Waals surface area contributed by atoms with Crippen LogP contribution in [0.5, 0.6) is 5.75 Å². The Kier molecular flexibility index (Phi) is 3.54. The molecule has 0 atom stereocenters. The number of carbonyl (C=O) groups excluding carboxylic acids is 1. The molecule has 0 aliphatic carbocycles. The topological polar surface area (TPSA) is 101 Å². The van der Waals surface area contributed by atoms with E-state index in [2.05, 4.69) is 4.74 Å². The van der Waals surface area contributed by atoms with Gasteiger partial charge in [0.2, 0.25) is 0 Å². The number of rotatable bonds is 2. The van der Waals surface area contributed by atoms with Gasteiger partial charge in [-0.15, -0.1) is 0 Å². The summed E-state index contributed by atoms with van der Waals surface area (Å²) in [6.07, 6.45) is 1.29.